The van der Waals surface area contributed by atoms with Gasteiger partial charge in [0.15, 0.2) is 0 Å². The summed E-state index contributed by atoms with van der Waals surface area (Å²) < 4.78 is 26.2. The van der Waals surface area contributed by atoms with Crippen molar-refractivity contribution in [3.8, 4) is 0 Å². The van der Waals surface area contributed by atoms with Gasteiger partial charge in [0.05, 0.1) is 11.9 Å². The van der Waals surface area contributed by atoms with E-state index in [0.29, 0.717) is 12.1 Å². The van der Waals surface area contributed by atoms with Crippen LogP contribution >= 0.6 is 0 Å². The lowest BCUT2D eigenvalue weighted by molar-refractivity contribution is -0.117. The summed E-state index contributed by atoms with van der Waals surface area (Å²) >= 11 is 0. The Morgan fingerprint density at radius 1 is 1.07 bits per heavy atom. The number of amides is 1. The van der Waals surface area contributed by atoms with Crippen LogP contribution in [0.3, 0.4) is 0 Å². The SMILES string of the molecule is CC[C@@H](C(=O)Nc1c(C)cccc1C(C)C)N(c1ccccc1)S(C)(=O)=O. The molecule has 0 fully saturated rings. The van der Waals surface area contributed by atoms with Gasteiger partial charge < -0.3 is 5.32 Å². The van der Waals surface area contributed by atoms with Gasteiger partial charge in [0.2, 0.25) is 15.9 Å². The van der Waals surface area contributed by atoms with Crippen molar-refractivity contribution >= 4 is 27.3 Å². The molecule has 2 aromatic carbocycles. The second-order valence-electron chi connectivity index (χ2n) is 7.00. The Morgan fingerprint density at radius 2 is 1.70 bits per heavy atom. The quantitative estimate of drug-likeness (QED) is 0.769. The minimum absolute atomic E-state index is 0.236. The molecular formula is C21H28N2O3S. The van der Waals surface area contributed by atoms with Gasteiger partial charge in [-0.2, -0.15) is 0 Å². The molecular weight excluding hydrogens is 360 g/mol. The predicted molar refractivity (Wildman–Crippen MR) is 112 cm³/mol. The fraction of sp³-hybridized carbons (Fsp3) is 0.381. The van der Waals surface area contributed by atoms with Gasteiger partial charge in [0.1, 0.15) is 6.04 Å². The highest BCUT2D eigenvalue weighted by atomic mass is 32.2. The third-order valence-electron chi connectivity index (χ3n) is 4.52. The first-order valence-corrected chi connectivity index (χ1v) is 11.0. The van der Waals surface area contributed by atoms with E-state index in [1.807, 2.05) is 38.1 Å². The summed E-state index contributed by atoms with van der Waals surface area (Å²) in [5.41, 5.74) is 3.23. The topological polar surface area (TPSA) is 66.5 Å². The number of anilines is 2. The average Bonchev–Trinajstić information content (AvgIpc) is 2.60. The maximum Gasteiger partial charge on any atom is 0.248 e. The first kappa shape index (κ1) is 21.0. The molecule has 0 heterocycles. The largest absolute Gasteiger partial charge is 0.324 e. The lowest BCUT2D eigenvalue weighted by atomic mass is 9.98. The molecule has 0 aliphatic heterocycles. The lowest BCUT2D eigenvalue weighted by Crippen LogP contribution is -2.47. The van der Waals surface area contributed by atoms with E-state index in [-0.39, 0.29) is 11.8 Å². The normalized spacial score (nSPS) is 12.7. The molecule has 146 valence electrons. The second-order valence-corrected chi connectivity index (χ2v) is 8.86. The van der Waals surface area contributed by atoms with Gasteiger partial charge in [-0.3, -0.25) is 9.10 Å². The Hall–Kier alpha value is -2.34. The highest BCUT2D eigenvalue weighted by molar-refractivity contribution is 7.92. The number of nitrogens with zero attached hydrogens (tertiary/aromatic N) is 1. The molecule has 6 heteroatoms. The van der Waals surface area contributed by atoms with Crippen LogP contribution in [0.15, 0.2) is 48.5 Å². The van der Waals surface area contributed by atoms with E-state index in [0.717, 1.165) is 23.1 Å². The maximum absolute atomic E-state index is 13.1. The van der Waals surface area contributed by atoms with E-state index in [1.54, 1.807) is 24.3 Å². The van der Waals surface area contributed by atoms with Gasteiger partial charge in [0, 0.05) is 5.69 Å². The van der Waals surface area contributed by atoms with Crippen molar-refractivity contribution < 1.29 is 13.2 Å². The van der Waals surface area contributed by atoms with Crippen LogP contribution in [0.1, 0.15) is 44.2 Å². The van der Waals surface area contributed by atoms with Crippen LogP contribution in [-0.2, 0) is 14.8 Å². The van der Waals surface area contributed by atoms with Crippen LogP contribution in [0.4, 0.5) is 11.4 Å². The van der Waals surface area contributed by atoms with Gasteiger partial charge in [-0.15, -0.1) is 0 Å². The Morgan fingerprint density at radius 3 is 2.22 bits per heavy atom. The second kappa shape index (κ2) is 8.57. The van der Waals surface area contributed by atoms with Crippen LogP contribution in [-0.4, -0.2) is 26.6 Å². The molecule has 0 aliphatic carbocycles. The van der Waals surface area contributed by atoms with Crippen molar-refractivity contribution in [3.05, 3.63) is 59.7 Å². The average molecular weight is 389 g/mol. The third kappa shape index (κ3) is 4.89. The first-order valence-electron chi connectivity index (χ1n) is 9.11. The van der Waals surface area contributed by atoms with Gasteiger partial charge in [-0.25, -0.2) is 8.42 Å². The van der Waals surface area contributed by atoms with E-state index < -0.39 is 16.1 Å². The van der Waals surface area contributed by atoms with Crippen molar-refractivity contribution in [2.24, 2.45) is 0 Å². The van der Waals surface area contributed by atoms with E-state index in [1.165, 1.54) is 4.31 Å². The van der Waals surface area contributed by atoms with Gasteiger partial charge in [-0.05, 0) is 42.5 Å². The van der Waals surface area contributed by atoms with Crippen molar-refractivity contribution in [2.75, 3.05) is 15.9 Å². The number of carbonyl (C=O) groups excluding carboxylic acids is 1. The summed E-state index contributed by atoms with van der Waals surface area (Å²) in [6, 6.07) is 13.8. The molecule has 0 saturated heterocycles. The van der Waals surface area contributed by atoms with E-state index in [2.05, 4.69) is 19.2 Å². The highest BCUT2D eigenvalue weighted by Gasteiger charge is 2.32. The molecule has 2 rings (SSSR count). The van der Waals surface area contributed by atoms with Crippen molar-refractivity contribution in [1.82, 2.24) is 0 Å². The lowest BCUT2D eigenvalue weighted by Gasteiger charge is -2.30. The standard InChI is InChI=1S/C21H28N2O3S/c1-6-19(23(27(5,25)26)17-12-8-7-9-13-17)21(24)22-20-16(4)11-10-14-18(20)15(2)3/h7-15,19H,6H2,1-5H3,(H,22,24)/t19-/m0/s1. The zero-order valence-corrected chi connectivity index (χ0v) is 17.4. The zero-order chi connectivity index (χ0) is 20.2. The fourth-order valence-electron chi connectivity index (χ4n) is 3.18. The number of benzene rings is 2. The molecule has 0 aliphatic rings. The molecule has 27 heavy (non-hydrogen) atoms. The summed E-state index contributed by atoms with van der Waals surface area (Å²) in [6.07, 6.45) is 1.49. The van der Waals surface area contributed by atoms with Crippen molar-refractivity contribution in [1.29, 1.82) is 0 Å². The number of rotatable bonds is 7. The highest BCUT2D eigenvalue weighted by Crippen LogP contribution is 2.29. The number of sulfonamides is 1. The van der Waals surface area contributed by atoms with E-state index in [9.17, 15) is 13.2 Å². The monoisotopic (exact) mass is 388 g/mol. The van der Waals surface area contributed by atoms with Gasteiger partial charge >= 0.3 is 0 Å². The molecule has 5 nitrogen and oxygen atoms in total. The smallest absolute Gasteiger partial charge is 0.248 e. The Bertz CT molecular complexity index is 893. The first-order chi connectivity index (χ1) is 12.7. The van der Waals surface area contributed by atoms with E-state index >= 15 is 0 Å². The molecule has 0 aromatic heterocycles. The molecule has 1 atom stereocenters. The van der Waals surface area contributed by atoms with Crippen molar-refractivity contribution in [3.63, 3.8) is 0 Å². The summed E-state index contributed by atoms with van der Waals surface area (Å²) in [5.74, 6) is -0.0941. The van der Waals surface area contributed by atoms with E-state index in [4.69, 9.17) is 0 Å². The number of nitrogens with one attached hydrogen (secondary N) is 1. The number of para-hydroxylation sites is 2. The molecule has 0 spiro atoms. The van der Waals surface area contributed by atoms with Crippen LogP contribution in [0.25, 0.3) is 0 Å². The van der Waals surface area contributed by atoms with Gasteiger partial charge in [0.25, 0.3) is 0 Å². The number of carbonyl (C=O) groups is 1. The van der Waals surface area contributed by atoms with Gasteiger partial charge in [-0.1, -0.05) is 57.2 Å². The predicted octanol–water partition coefficient (Wildman–Crippen LogP) is 4.30. The minimum Gasteiger partial charge on any atom is -0.324 e. The minimum atomic E-state index is -3.63. The maximum atomic E-state index is 13.1. The molecule has 1 amide bonds. The summed E-state index contributed by atoms with van der Waals surface area (Å²) in [6.45, 7) is 7.88. The summed E-state index contributed by atoms with van der Waals surface area (Å²) in [5, 5.41) is 2.99. The van der Waals surface area contributed by atoms with Crippen LogP contribution in [0, 0.1) is 6.92 Å². The Balaban J connectivity index is 2.44. The van der Waals surface area contributed by atoms with Crippen LogP contribution < -0.4 is 9.62 Å². The Labute approximate surface area is 162 Å². The molecule has 0 radical (unpaired) electrons. The summed E-state index contributed by atoms with van der Waals surface area (Å²) in [7, 11) is -3.63. The van der Waals surface area contributed by atoms with Crippen LogP contribution in [0.5, 0.6) is 0 Å². The third-order valence-corrected chi connectivity index (χ3v) is 5.70. The molecule has 0 unspecified atom stereocenters. The molecule has 1 N–H and O–H groups in total. The number of aryl methyl sites for hydroxylation is 1. The summed E-state index contributed by atoms with van der Waals surface area (Å²) in [4.78, 5) is 13.1. The number of hydrogen-bond acceptors (Lipinski definition) is 3. The molecule has 0 saturated carbocycles. The molecule has 2 aromatic rings. The fourth-order valence-corrected chi connectivity index (χ4v) is 4.40. The molecule has 0 bridgehead atoms. The van der Waals surface area contributed by atoms with Crippen LogP contribution in [0.2, 0.25) is 0 Å². The Kier molecular flexibility index (Phi) is 6.65. The number of hydrogen-bond donors (Lipinski definition) is 1. The van der Waals surface area contributed by atoms with Crippen molar-refractivity contribution in [2.45, 2.75) is 46.1 Å². The zero-order valence-electron chi connectivity index (χ0n) is 16.6.